The number of benzene rings is 2. The monoisotopic (exact) mass is 338 g/mol. The van der Waals surface area contributed by atoms with Crippen LogP contribution in [0.15, 0.2) is 48.5 Å². The molecule has 0 saturated heterocycles. The minimum Gasteiger partial charge on any atom is -0.494 e. The molecule has 1 aliphatic rings. The molecule has 0 unspecified atom stereocenters. The van der Waals surface area contributed by atoms with E-state index in [1.54, 1.807) is 24.3 Å². The molecular weight excluding hydrogens is 316 g/mol. The van der Waals surface area contributed by atoms with Gasteiger partial charge >= 0.3 is 0 Å². The Labute approximate surface area is 147 Å². The van der Waals surface area contributed by atoms with E-state index >= 15 is 0 Å². The number of fused-ring (bicyclic) bond motifs is 1. The molecule has 5 heteroatoms. The molecule has 0 bridgehead atoms. The smallest absolute Gasteiger partial charge is 0.248 e. The van der Waals surface area contributed by atoms with Gasteiger partial charge < -0.3 is 15.4 Å². The lowest BCUT2D eigenvalue weighted by Crippen LogP contribution is -2.35. The molecule has 2 aromatic rings. The number of carbonyl (C=O) groups is 2. The van der Waals surface area contributed by atoms with Gasteiger partial charge in [0.25, 0.3) is 0 Å². The van der Waals surface area contributed by atoms with E-state index in [1.165, 1.54) is 5.56 Å². The highest BCUT2D eigenvalue weighted by molar-refractivity contribution is 5.94. The number of hydrogen-bond donors (Lipinski definition) is 1. The van der Waals surface area contributed by atoms with Crippen LogP contribution in [0.3, 0.4) is 0 Å². The van der Waals surface area contributed by atoms with E-state index in [4.69, 9.17) is 10.5 Å². The van der Waals surface area contributed by atoms with Crippen LogP contribution >= 0.6 is 0 Å². The summed E-state index contributed by atoms with van der Waals surface area (Å²) in [5.41, 5.74) is 7.94. The fraction of sp³-hybridized carbons (Fsp3) is 0.300. The average Bonchev–Trinajstić information content (AvgIpc) is 2.65. The summed E-state index contributed by atoms with van der Waals surface area (Å²) in [5.74, 6) is 0.234. The maximum absolute atomic E-state index is 12.5. The SMILES string of the molecule is NC(=O)c1cccc(OCCCC(=O)N2CCCc3ccccc32)c1. The number of aryl methyl sites for hydroxylation is 1. The molecule has 0 saturated carbocycles. The second kappa shape index (κ2) is 7.83. The molecule has 1 heterocycles. The highest BCUT2D eigenvalue weighted by atomic mass is 16.5. The van der Waals surface area contributed by atoms with Crippen molar-refractivity contribution in [3.05, 3.63) is 59.7 Å². The van der Waals surface area contributed by atoms with Gasteiger partial charge in [-0.05, 0) is 49.1 Å². The Kier molecular flexibility index (Phi) is 5.33. The maximum Gasteiger partial charge on any atom is 0.248 e. The van der Waals surface area contributed by atoms with Crippen molar-refractivity contribution in [2.45, 2.75) is 25.7 Å². The number of ether oxygens (including phenoxy) is 1. The number of rotatable bonds is 6. The van der Waals surface area contributed by atoms with Gasteiger partial charge in [0.2, 0.25) is 11.8 Å². The summed E-state index contributed by atoms with van der Waals surface area (Å²) in [7, 11) is 0. The largest absolute Gasteiger partial charge is 0.494 e. The van der Waals surface area contributed by atoms with E-state index in [-0.39, 0.29) is 5.91 Å². The summed E-state index contributed by atoms with van der Waals surface area (Å²) in [5, 5.41) is 0. The van der Waals surface area contributed by atoms with E-state index in [2.05, 4.69) is 6.07 Å². The first kappa shape index (κ1) is 17.0. The molecule has 0 aromatic heterocycles. The molecule has 25 heavy (non-hydrogen) atoms. The highest BCUT2D eigenvalue weighted by Crippen LogP contribution is 2.27. The number of nitrogens with zero attached hydrogens (tertiary/aromatic N) is 1. The summed E-state index contributed by atoms with van der Waals surface area (Å²) in [6, 6.07) is 14.8. The molecule has 0 atom stereocenters. The summed E-state index contributed by atoms with van der Waals surface area (Å²) < 4.78 is 5.63. The van der Waals surface area contributed by atoms with Crippen LogP contribution in [0, 0.1) is 0 Å². The number of anilines is 1. The minimum atomic E-state index is -0.482. The lowest BCUT2D eigenvalue weighted by molar-refractivity contribution is -0.118. The summed E-state index contributed by atoms with van der Waals surface area (Å²) in [4.78, 5) is 25.6. The third-order valence-corrected chi connectivity index (χ3v) is 4.33. The van der Waals surface area contributed by atoms with Gasteiger partial charge in [-0.25, -0.2) is 0 Å². The van der Waals surface area contributed by atoms with Crippen LogP contribution in [0.5, 0.6) is 5.75 Å². The lowest BCUT2D eigenvalue weighted by atomic mass is 10.0. The van der Waals surface area contributed by atoms with E-state index in [1.807, 2.05) is 23.1 Å². The summed E-state index contributed by atoms with van der Waals surface area (Å²) >= 11 is 0. The van der Waals surface area contributed by atoms with Gasteiger partial charge in [-0.3, -0.25) is 9.59 Å². The highest BCUT2D eigenvalue weighted by Gasteiger charge is 2.21. The first-order valence-electron chi connectivity index (χ1n) is 8.56. The van der Waals surface area contributed by atoms with Crippen molar-refractivity contribution in [3.8, 4) is 5.75 Å². The number of amides is 2. The second-order valence-corrected chi connectivity index (χ2v) is 6.12. The average molecular weight is 338 g/mol. The van der Waals surface area contributed by atoms with Crippen LogP contribution in [-0.4, -0.2) is 25.0 Å². The van der Waals surface area contributed by atoms with Gasteiger partial charge in [-0.1, -0.05) is 24.3 Å². The fourth-order valence-corrected chi connectivity index (χ4v) is 3.08. The van der Waals surface area contributed by atoms with E-state index < -0.39 is 5.91 Å². The van der Waals surface area contributed by atoms with Crippen molar-refractivity contribution in [1.29, 1.82) is 0 Å². The first-order chi connectivity index (χ1) is 12.1. The quantitative estimate of drug-likeness (QED) is 0.823. The first-order valence-corrected chi connectivity index (χ1v) is 8.56. The Morgan fingerprint density at radius 2 is 1.96 bits per heavy atom. The normalized spacial score (nSPS) is 13.2. The fourth-order valence-electron chi connectivity index (χ4n) is 3.08. The van der Waals surface area contributed by atoms with Crippen LogP contribution in [0.2, 0.25) is 0 Å². The molecule has 5 nitrogen and oxygen atoms in total. The molecule has 130 valence electrons. The predicted molar refractivity (Wildman–Crippen MR) is 96.8 cm³/mol. The molecular formula is C20H22N2O3. The minimum absolute atomic E-state index is 0.127. The van der Waals surface area contributed by atoms with Gasteiger partial charge in [-0.15, -0.1) is 0 Å². The van der Waals surface area contributed by atoms with Crippen LogP contribution in [0.1, 0.15) is 35.2 Å². The predicted octanol–water partition coefficient (Wildman–Crippen LogP) is 2.92. The van der Waals surface area contributed by atoms with Gasteiger partial charge in [0.05, 0.1) is 6.61 Å². The molecule has 2 N–H and O–H groups in total. The van der Waals surface area contributed by atoms with Crippen LogP contribution in [-0.2, 0) is 11.2 Å². The van der Waals surface area contributed by atoms with E-state index in [0.29, 0.717) is 30.8 Å². The third kappa shape index (κ3) is 4.18. The Balaban J connectivity index is 1.51. The zero-order chi connectivity index (χ0) is 17.6. The number of carbonyl (C=O) groups excluding carboxylic acids is 2. The number of para-hydroxylation sites is 1. The van der Waals surface area contributed by atoms with Crippen LogP contribution in [0.25, 0.3) is 0 Å². The van der Waals surface area contributed by atoms with Crippen molar-refractivity contribution in [2.24, 2.45) is 5.73 Å². The molecule has 3 rings (SSSR count). The Hall–Kier alpha value is -2.82. The molecule has 0 spiro atoms. The zero-order valence-electron chi connectivity index (χ0n) is 14.1. The third-order valence-electron chi connectivity index (χ3n) is 4.33. The summed E-state index contributed by atoms with van der Waals surface area (Å²) in [6.45, 7) is 1.20. The molecule has 2 amide bonds. The number of primary amides is 1. The molecule has 0 aliphatic carbocycles. The van der Waals surface area contributed by atoms with Crippen LogP contribution < -0.4 is 15.4 Å². The van der Waals surface area contributed by atoms with E-state index in [9.17, 15) is 9.59 Å². The van der Waals surface area contributed by atoms with Gasteiger partial charge in [0, 0.05) is 24.2 Å². The standard InChI is InChI=1S/C20H22N2O3/c21-20(24)16-7-3-9-17(14-16)25-13-5-11-19(23)22-12-4-8-15-6-1-2-10-18(15)22/h1-3,6-7,9-10,14H,4-5,8,11-13H2,(H2,21,24). The van der Waals surface area contributed by atoms with Crippen molar-refractivity contribution in [3.63, 3.8) is 0 Å². The Morgan fingerprint density at radius 3 is 2.80 bits per heavy atom. The molecule has 1 aliphatic heterocycles. The lowest BCUT2D eigenvalue weighted by Gasteiger charge is -2.29. The maximum atomic E-state index is 12.5. The molecule has 0 fully saturated rings. The van der Waals surface area contributed by atoms with Gasteiger partial charge in [0.15, 0.2) is 0 Å². The van der Waals surface area contributed by atoms with Crippen molar-refractivity contribution in [2.75, 3.05) is 18.1 Å². The number of hydrogen-bond acceptors (Lipinski definition) is 3. The Bertz CT molecular complexity index is 773. The van der Waals surface area contributed by atoms with E-state index in [0.717, 1.165) is 25.1 Å². The zero-order valence-corrected chi connectivity index (χ0v) is 14.1. The molecule has 0 radical (unpaired) electrons. The Morgan fingerprint density at radius 1 is 1.12 bits per heavy atom. The van der Waals surface area contributed by atoms with Gasteiger partial charge in [-0.2, -0.15) is 0 Å². The second-order valence-electron chi connectivity index (χ2n) is 6.12. The number of nitrogens with two attached hydrogens (primary N) is 1. The van der Waals surface area contributed by atoms with Crippen molar-refractivity contribution >= 4 is 17.5 Å². The van der Waals surface area contributed by atoms with Crippen molar-refractivity contribution < 1.29 is 14.3 Å². The van der Waals surface area contributed by atoms with Crippen LogP contribution in [0.4, 0.5) is 5.69 Å². The van der Waals surface area contributed by atoms with Crippen molar-refractivity contribution in [1.82, 2.24) is 0 Å². The van der Waals surface area contributed by atoms with Gasteiger partial charge in [0.1, 0.15) is 5.75 Å². The molecule has 2 aromatic carbocycles. The topological polar surface area (TPSA) is 72.6 Å². The summed E-state index contributed by atoms with van der Waals surface area (Å²) in [6.07, 6.45) is 3.08.